The van der Waals surface area contributed by atoms with Gasteiger partial charge in [0.15, 0.2) is 0 Å². The number of fused-ring (bicyclic) bond motifs is 1. The molecule has 0 saturated carbocycles. The molecule has 0 amide bonds. The molecule has 0 saturated heterocycles. The minimum Gasteiger partial charge on any atom is -0.480 e. The van der Waals surface area contributed by atoms with Crippen LogP contribution in [0.25, 0.3) is 10.9 Å². The Balaban J connectivity index is 2.42. The van der Waals surface area contributed by atoms with Crippen LogP contribution in [0.4, 0.5) is 4.48 Å². The zero-order valence-electron chi connectivity index (χ0n) is 8.43. The number of aliphatic carboxylic acids is 1. The zero-order valence-corrected chi connectivity index (χ0v) is 8.43. The molecule has 84 valence electrons. The van der Waals surface area contributed by atoms with Crippen LogP contribution in [-0.2, 0) is 11.2 Å². The predicted molar refractivity (Wildman–Crippen MR) is 57.8 cm³/mol. The van der Waals surface area contributed by atoms with E-state index in [2.05, 4.69) is 0 Å². The van der Waals surface area contributed by atoms with Gasteiger partial charge in [-0.15, -0.1) is 0 Å². The van der Waals surface area contributed by atoms with E-state index in [-0.39, 0.29) is 6.42 Å². The van der Waals surface area contributed by atoms with Crippen molar-refractivity contribution < 1.29 is 14.4 Å². The van der Waals surface area contributed by atoms with E-state index in [1.54, 1.807) is 24.3 Å². The van der Waals surface area contributed by atoms with Crippen molar-refractivity contribution in [3.63, 3.8) is 0 Å². The summed E-state index contributed by atoms with van der Waals surface area (Å²) >= 11 is 0. The van der Waals surface area contributed by atoms with Gasteiger partial charge in [-0.05, 0) is 11.6 Å². The Hall–Kier alpha value is -1.88. The maximum Gasteiger partial charge on any atom is 0.320 e. The summed E-state index contributed by atoms with van der Waals surface area (Å²) in [6, 6.07) is 5.86. The summed E-state index contributed by atoms with van der Waals surface area (Å²) in [5.41, 5.74) is 6.45. The summed E-state index contributed by atoms with van der Waals surface area (Å²) in [7, 11) is 0. The normalized spacial score (nSPS) is 12.9. The molecule has 5 heteroatoms. The molecule has 1 aromatic heterocycles. The van der Waals surface area contributed by atoms with Gasteiger partial charge in [0.25, 0.3) is 0 Å². The predicted octanol–water partition coefficient (Wildman–Crippen LogP) is 1.33. The van der Waals surface area contributed by atoms with Crippen LogP contribution in [-0.4, -0.2) is 21.9 Å². The third-order valence-corrected chi connectivity index (χ3v) is 2.51. The second kappa shape index (κ2) is 3.94. The summed E-state index contributed by atoms with van der Waals surface area (Å²) in [6.45, 7) is 0. The van der Waals surface area contributed by atoms with Gasteiger partial charge in [-0.25, -0.2) is 0 Å². The minimum absolute atomic E-state index is 0.118. The number of rotatable bonds is 3. The Bertz CT molecular complexity index is 536. The Morgan fingerprint density at radius 1 is 1.50 bits per heavy atom. The highest BCUT2D eigenvalue weighted by atomic mass is 19.2. The van der Waals surface area contributed by atoms with E-state index in [0.29, 0.717) is 21.3 Å². The Morgan fingerprint density at radius 2 is 2.19 bits per heavy atom. The van der Waals surface area contributed by atoms with Crippen molar-refractivity contribution >= 4 is 16.9 Å². The van der Waals surface area contributed by atoms with E-state index in [9.17, 15) is 9.28 Å². The van der Waals surface area contributed by atoms with Crippen LogP contribution in [0.2, 0.25) is 0 Å². The number of hydrogen-bond donors (Lipinski definition) is 2. The molecular weight excluding hydrogens is 211 g/mol. The van der Waals surface area contributed by atoms with Gasteiger partial charge in [0.2, 0.25) is 0 Å². The molecule has 0 aliphatic rings. The molecule has 2 aromatic rings. The zero-order chi connectivity index (χ0) is 11.7. The molecule has 3 N–H and O–H groups in total. The average Bonchev–Trinajstić information content (AvgIpc) is 2.57. The first-order valence-corrected chi connectivity index (χ1v) is 4.83. The van der Waals surface area contributed by atoms with Gasteiger partial charge in [-0.3, -0.25) is 4.79 Å². The molecule has 1 heterocycles. The molecule has 0 spiro atoms. The second-order valence-corrected chi connectivity index (χ2v) is 3.63. The largest absolute Gasteiger partial charge is 0.480 e. The first-order valence-electron chi connectivity index (χ1n) is 4.83. The summed E-state index contributed by atoms with van der Waals surface area (Å²) in [6.07, 6.45) is 1.39. The molecule has 0 fully saturated rings. The lowest BCUT2D eigenvalue weighted by Crippen LogP contribution is -2.32. The number of hydrogen-bond acceptors (Lipinski definition) is 2. The Morgan fingerprint density at radius 3 is 2.88 bits per heavy atom. The number of aromatic nitrogens is 1. The maximum atomic E-state index is 13.4. The van der Waals surface area contributed by atoms with Crippen molar-refractivity contribution in [2.45, 2.75) is 12.5 Å². The van der Waals surface area contributed by atoms with Crippen molar-refractivity contribution in [3.05, 3.63) is 36.0 Å². The van der Waals surface area contributed by atoms with Crippen molar-refractivity contribution in [1.29, 1.82) is 0 Å². The monoisotopic (exact) mass is 222 g/mol. The maximum absolute atomic E-state index is 13.4. The summed E-state index contributed by atoms with van der Waals surface area (Å²) in [5.74, 6) is -1.09. The van der Waals surface area contributed by atoms with Gasteiger partial charge in [0.1, 0.15) is 6.04 Å². The topological polar surface area (TPSA) is 68.2 Å². The van der Waals surface area contributed by atoms with Gasteiger partial charge in [-0.1, -0.05) is 22.7 Å². The molecule has 0 radical (unpaired) electrons. The molecule has 0 bridgehead atoms. The van der Waals surface area contributed by atoms with Crippen molar-refractivity contribution in [2.75, 3.05) is 0 Å². The van der Waals surface area contributed by atoms with Crippen molar-refractivity contribution in [1.82, 2.24) is 4.79 Å². The van der Waals surface area contributed by atoms with Crippen LogP contribution in [0, 0.1) is 0 Å². The van der Waals surface area contributed by atoms with E-state index in [1.807, 2.05) is 0 Å². The molecule has 0 unspecified atom stereocenters. The van der Waals surface area contributed by atoms with E-state index in [0.717, 1.165) is 0 Å². The lowest BCUT2D eigenvalue weighted by molar-refractivity contribution is -0.138. The average molecular weight is 222 g/mol. The fourth-order valence-corrected chi connectivity index (χ4v) is 1.69. The highest BCUT2D eigenvalue weighted by Gasteiger charge is 2.16. The molecule has 1 atom stereocenters. The SMILES string of the molecule is N[C@@H](Cc1cn(F)c2ccccc12)C(=O)O. The number of nitrogens with zero attached hydrogens (tertiary/aromatic N) is 1. The Labute approximate surface area is 91.0 Å². The van der Waals surface area contributed by atoms with Crippen LogP contribution < -0.4 is 5.73 Å². The number of carboxylic acid groups (broad SMARTS) is 1. The molecule has 0 aliphatic carbocycles. The molecular formula is C11H11FN2O2. The third-order valence-electron chi connectivity index (χ3n) is 2.51. The highest BCUT2D eigenvalue weighted by Crippen LogP contribution is 2.22. The number of halogens is 1. The number of carboxylic acids is 1. The molecule has 1 aromatic carbocycles. The Kier molecular flexibility index (Phi) is 2.62. The van der Waals surface area contributed by atoms with Gasteiger partial charge in [0.05, 0.1) is 5.52 Å². The van der Waals surface area contributed by atoms with Gasteiger partial charge in [-0.2, -0.15) is 4.79 Å². The van der Waals surface area contributed by atoms with E-state index in [4.69, 9.17) is 10.8 Å². The fraction of sp³-hybridized carbons (Fsp3) is 0.182. The van der Waals surface area contributed by atoms with Gasteiger partial charge >= 0.3 is 5.97 Å². The van der Waals surface area contributed by atoms with Crippen LogP contribution in [0.15, 0.2) is 30.5 Å². The summed E-state index contributed by atoms with van der Waals surface area (Å²) in [4.78, 5) is 11.1. The number of benzene rings is 1. The molecule has 2 rings (SSSR count). The first-order chi connectivity index (χ1) is 7.59. The van der Waals surface area contributed by atoms with E-state index < -0.39 is 12.0 Å². The standard InChI is InChI=1S/C11H11FN2O2/c12-14-6-7(5-9(13)11(15)16)8-3-1-2-4-10(8)14/h1-4,6,9H,5,13H2,(H,15,16)/t9-/m0/s1. The van der Waals surface area contributed by atoms with Gasteiger partial charge in [0, 0.05) is 18.0 Å². The molecule has 16 heavy (non-hydrogen) atoms. The summed E-state index contributed by atoms with van der Waals surface area (Å²) < 4.78 is 13.4. The van der Waals surface area contributed by atoms with Crippen LogP contribution in [0.1, 0.15) is 5.56 Å². The smallest absolute Gasteiger partial charge is 0.320 e. The second-order valence-electron chi connectivity index (χ2n) is 3.63. The van der Waals surface area contributed by atoms with Crippen molar-refractivity contribution in [3.8, 4) is 0 Å². The molecule has 4 nitrogen and oxygen atoms in total. The lowest BCUT2D eigenvalue weighted by Gasteiger charge is -2.04. The van der Waals surface area contributed by atoms with Crippen LogP contribution in [0.5, 0.6) is 0 Å². The van der Waals surface area contributed by atoms with E-state index in [1.165, 1.54) is 6.20 Å². The number of carbonyl (C=O) groups is 1. The minimum atomic E-state index is -1.09. The first kappa shape index (κ1) is 10.6. The van der Waals surface area contributed by atoms with Gasteiger partial charge < -0.3 is 10.8 Å². The fourth-order valence-electron chi connectivity index (χ4n) is 1.69. The highest BCUT2D eigenvalue weighted by molar-refractivity contribution is 5.84. The van der Waals surface area contributed by atoms with E-state index >= 15 is 0 Å². The number of para-hydroxylation sites is 1. The van der Waals surface area contributed by atoms with Crippen molar-refractivity contribution in [2.24, 2.45) is 5.73 Å². The number of nitrogens with two attached hydrogens (primary N) is 1. The lowest BCUT2D eigenvalue weighted by atomic mass is 10.1. The molecule has 0 aliphatic heterocycles. The van der Waals surface area contributed by atoms with Crippen LogP contribution in [0.3, 0.4) is 0 Å². The third kappa shape index (κ3) is 1.77. The quantitative estimate of drug-likeness (QED) is 0.823. The summed E-state index contributed by atoms with van der Waals surface area (Å²) in [5, 5.41) is 9.39. The van der Waals surface area contributed by atoms with Crippen LogP contribution >= 0.6 is 0 Å².